The molecule has 4 aromatic rings. The molecule has 0 spiro atoms. The number of hydrogen-bond donors (Lipinski definition) is 1. The topological polar surface area (TPSA) is 77.8 Å². The van der Waals surface area contributed by atoms with Gasteiger partial charge in [0.1, 0.15) is 5.69 Å². The van der Waals surface area contributed by atoms with Crippen LogP contribution >= 0.6 is 22.7 Å². The molecule has 3 heterocycles. The van der Waals surface area contributed by atoms with Crippen LogP contribution in [0.2, 0.25) is 0 Å². The fourth-order valence-electron chi connectivity index (χ4n) is 3.84. The zero-order chi connectivity index (χ0) is 25.2. The molecule has 1 amide bonds. The highest BCUT2D eigenvalue weighted by atomic mass is 32.1. The van der Waals surface area contributed by atoms with Crippen molar-refractivity contribution in [1.82, 2.24) is 14.4 Å². The minimum Gasteiger partial charge on any atom is -0.458 e. The quantitative estimate of drug-likeness (QED) is 0.235. The number of amides is 1. The number of para-hydroxylation sites is 1. The van der Waals surface area contributed by atoms with Crippen molar-refractivity contribution in [1.29, 1.82) is 0 Å². The molecular formula is C25H22F2N4O3S2. The van der Waals surface area contributed by atoms with Crippen LogP contribution < -0.4 is 14.8 Å². The second-order valence-electron chi connectivity index (χ2n) is 8.25. The van der Waals surface area contributed by atoms with Crippen molar-refractivity contribution in [2.45, 2.75) is 38.7 Å². The number of anilines is 1. The van der Waals surface area contributed by atoms with Gasteiger partial charge in [-0.3, -0.25) is 14.5 Å². The number of benzene rings is 1. The Morgan fingerprint density at radius 1 is 1.28 bits per heavy atom. The van der Waals surface area contributed by atoms with Crippen molar-refractivity contribution in [2.24, 2.45) is 0 Å². The van der Waals surface area contributed by atoms with Gasteiger partial charge in [-0.2, -0.15) is 8.78 Å². The third-order valence-corrected chi connectivity index (χ3v) is 7.23. The second kappa shape index (κ2) is 10.2. The Bertz CT molecular complexity index is 1450. The van der Waals surface area contributed by atoms with E-state index in [1.165, 1.54) is 35.2 Å². The molecule has 1 saturated carbocycles. The van der Waals surface area contributed by atoms with Gasteiger partial charge in [-0.15, -0.1) is 22.7 Å². The maximum Gasteiger partial charge on any atom is 0.387 e. The van der Waals surface area contributed by atoms with Gasteiger partial charge in [-0.1, -0.05) is 25.1 Å². The third kappa shape index (κ3) is 5.02. The average molecular weight is 529 g/mol. The minimum absolute atomic E-state index is 0.0971. The van der Waals surface area contributed by atoms with Gasteiger partial charge in [0.05, 0.1) is 17.1 Å². The SMILES string of the molecule is C=C(C)Oc1c(/C=C/c2nc3sccn3c2C(=O)Nc2nc(C3CCC3)cs2)cccc1OC(F)F. The molecule has 0 atom stereocenters. The predicted molar refractivity (Wildman–Crippen MR) is 137 cm³/mol. The van der Waals surface area contributed by atoms with E-state index in [1.54, 1.807) is 41.8 Å². The molecule has 11 heteroatoms. The number of aromatic nitrogens is 3. The van der Waals surface area contributed by atoms with E-state index < -0.39 is 6.61 Å². The second-order valence-corrected chi connectivity index (χ2v) is 9.98. The molecule has 1 aromatic carbocycles. The molecule has 7 nitrogen and oxygen atoms in total. The molecule has 1 aliphatic rings. The lowest BCUT2D eigenvalue weighted by Crippen LogP contribution is -2.15. The molecule has 1 N–H and O–H groups in total. The van der Waals surface area contributed by atoms with E-state index in [0.29, 0.717) is 38.7 Å². The largest absolute Gasteiger partial charge is 0.458 e. The van der Waals surface area contributed by atoms with Crippen molar-refractivity contribution in [2.75, 3.05) is 5.32 Å². The molecule has 0 bridgehead atoms. The van der Waals surface area contributed by atoms with Crippen LogP contribution in [0.5, 0.6) is 11.5 Å². The highest BCUT2D eigenvalue weighted by Gasteiger charge is 2.24. The van der Waals surface area contributed by atoms with E-state index >= 15 is 0 Å². The van der Waals surface area contributed by atoms with Gasteiger partial charge in [0, 0.05) is 28.4 Å². The number of alkyl halides is 2. The molecule has 1 aliphatic carbocycles. The summed E-state index contributed by atoms with van der Waals surface area (Å²) in [5.74, 6) is 0.416. The summed E-state index contributed by atoms with van der Waals surface area (Å²) in [4.78, 5) is 23.1. The molecule has 3 aromatic heterocycles. The van der Waals surface area contributed by atoms with Crippen LogP contribution in [0, 0.1) is 0 Å². The summed E-state index contributed by atoms with van der Waals surface area (Å²) >= 11 is 2.79. The number of halogens is 2. The maximum absolute atomic E-state index is 13.3. The summed E-state index contributed by atoms with van der Waals surface area (Å²) < 4.78 is 37.7. The lowest BCUT2D eigenvalue weighted by atomic mass is 9.83. The number of carbonyl (C=O) groups excluding carboxylic acids is 1. The molecule has 1 fully saturated rings. The average Bonchev–Trinajstić information content (AvgIpc) is 3.48. The van der Waals surface area contributed by atoms with Gasteiger partial charge >= 0.3 is 6.61 Å². The van der Waals surface area contributed by atoms with Crippen LogP contribution in [0.25, 0.3) is 17.1 Å². The van der Waals surface area contributed by atoms with E-state index in [9.17, 15) is 13.6 Å². The first-order chi connectivity index (χ1) is 17.4. The molecule has 5 rings (SSSR count). The van der Waals surface area contributed by atoms with Crippen LogP contribution in [0.3, 0.4) is 0 Å². The summed E-state index contributed by atoms with van der Waals surface area (Å²) in [5, 5.41) is 7.27. The van der Waals surface area contributed by atoms with Gasteiger partial charge in [0.25, 0.3) is 5.91 Å². The number of allylic oxidation sites excluding steroid dienone is 1. The summed E-state index contributed by atoms with van der Waals surface area (Å²) in [6.07, 6.45) is 8.52. The van der Waals surface area contributed by atoms with Gasteiger partial charge in [-0.25, -0.2) is 9.97 Å². The first-order valence-corrected chi connectivity index (χ1v) is 13.0. The summed E-state index contributed by atoms with van der Waals surface area (Å²) in [5.41, 5.74) is 2.23. The number of thiazole rings is 2. The van der Waals surface area contributed by atoms with E-state index in [1.807, 2.05) is 10.8 Å². The lowest BCUT2D eigenvalue weighted by Gasteiger charge is -2.22. The molecule has 0 saturated heterocycles. The van der Waals surface area contributed by atoms with Gasteiger partial charge < -0.3 is 9.47 Å². The zero-order valence-corrected chi connectivity index (χ0v) is 20.9. The molecule has 186 valence electrons. The number of hydrogen-bond acceptors (Lipinski definition) is 7. The number of imidazole rings is 1. The normalized spacial score (nSPS) is 13.9. The highest BCUT2D eigenvalue weighted by molar-refractivity contribution is 7.15. The standard InChI is InChI=1S/C25H22F2N4O3S2/c1-14(2)33-21-16(7-4-8-19(21)34-23(26)27)9-10-17-20(31-11-12-35-25(31)29-17)22(32)30-24-28-18(13-36-24)15-5-3-6-15/h4,7-13,15,23H,1,3,5-6H2,2H3,(H,28,30,32)/b10-9+. The van der Waals surface area contributed by atoms with Gasteiger partial charge in [0.15, 0.2) is 21.6 Å². The fraction of sp³-hybridized carbons (Fsp3) is 0.240. The van der Waals surface area contributed by atoms with E-state index in [4.69, 9.17) is 4.74 Å². The summed E-state index contributed by atoms with van der Waals surface area (Å²) in [7, 11) is 0. The Hall–Kier alpha value is -3.57. The Morgan fingerprint density at radius 3 is 2.83 bits per heavy atom. The van der Waals surface area contributed by atoms with Crippen molar-refractivity contribution in [3.63, 3.8) is 0 Å². The van der Waals surface area contributed by atoms with Crippen molar-refractivity contribution < 1.29 is 23.0 Å². The Labute approximate surface area is 213 Å². The number of nitrogens with zero attached hydrogens (tertiary/aromatic N) is 3. The number of ether oxygens (including phenoxy) is 2. The van der Waals surface area contributed by atoms with E-state index in [-0.39, 0.29) is 17.4 Å². The van der Waals surface area contributed by atoms with Crippen LogP contribution in [0.15, 0.2) is 47.5 Å². The number of fused-ring (bicyclic) bond motifs is 1. The third-order valence-electron chi connectivity index (χ3n) is 5.69. The van der Waals surface area contributed by atoms with Crippen LogP contribution in [0.4, 0.5) is 13.9 Å². The van der Waals surface area contributed by atoms with E-state index in [2.05, 4.69) is 26.6 Å². The minimum atomic E-state index is -3.01. The first-order valence-electron chi connectivity index (χ1n) is 11.2. The van der Waals surface area contributed by atoms with Crippen molar-refractivity contribution in [3.8, 4) is 11.5 Å². The maximum atomic E-state index is 13.3. The monoisotopic (exact) mass is 528 g/mol. The summed E-state index contributed by atoms with van der Waals surface area (Å²) in [6.45, 7) is 2.28. The lowest BCUT2D eigenvalue weighted by molar-refractivity contribution is -0.0511. The molecule has 0 aliphatic heterocycles. The zero-order valence-electron chi connectivity index (χ0n) is 19.2. The van der Waals surface area contributed by atoms with Gasteiger partial charge in [0.2, 0.25) is 0 Å². The Morgan fingerprint density at radius 2 is 2.11 bits per heavy atom. The van der Waals surface area contributed by atoms with Crippen molar-refractivity contribution >= 4 is 50.8 Å². The van der Waals surface area contributed by atoms with Gasteiger partial charge in [-0.05, 0) is 38.0 Å². The Kier molecular flexibility index (Phi) is 6.84. The molecule has 0 radical (unpaired) electrons. The Balaban J connectivity index is 1.46. The molecule has 0 unspecified atom stereocenters. The number of rotatable bonds is 9. The number of nitrogens with one attached hydrogen (secondary N) is 1. The first kappa shape index (κ1) is 24.1. The fourth-order valence-corrected chi connectivity index (χ4v) is 5.35. The van der Waals surface area contributed by atoms with Crippen molar-refractivity contribution in [3.05, 3.63) is 70.1 Å². The molecular weight excluding hydrogens is 506 g/mol. The van der Waals surface area contributed by atoms with Crippen LogP contribution in [0.1, 0.15) is 59.5 Å². The number of carbonyl (C=O) groups is 1. The van der Waals surface area contributed by atoms with Crippen LogP contribution in [-0.4, -0.2) is 26.9 Å². The molecule has 36 heavy (non-hydrogen) atoms. The predicted octanol–water partition coefficient (Wildman–Crippen LogP) is 7.06. The van der Waals surface area contributed by atoms with Crippen LogP contribution in [-0.2, 0) is 0 Å². The highest BCUT2D eigenvalue weighted by Crippen LogP contribution is 2.38. The van der Waals surface area contributed by atoms with E-state index in [0.717, 1.165) is 18.5 Å². The smallest absolute Gasteiger partial charge is 0.387 e. The summed E-state index contributed by atoms with van der Waals surface area (Å²) in [6, 6.07) is 4.64.